The van der Waals surface area contributed by atoms with Crippen LogP contribution in [0.5, 0.6) is 5.75 Å². The van der Waals surface area contributed by atoms with E-state index < -0.39 is 0 Å². The Morgan fingerprint density at radius 1 is 1.53 bits per heavy atom. The molecule has 1 fully saturated rings. The number of nitrogens with one attached hydrogen (secondary N) is 1. The highest BCUT2D eigenvalue weighted by molar-refractivity contribution is 5.31. The molecule has 2 rings (SSSR count). The minimum Gasteiger partial charge on any atom is -0.491 e. The molecule has 0 spiro atoms. The first-order valence-corrected chi connectivity index (χ1v) is 5.99. The second-order valence-corrected chi connectivity index (χ2v) is 4.16. The maximum atomic E-state index is 13.7. The SMILES string of the molecule is CCOc1ccc(C2OCCNC2C)cc1F. The Labute approximate surface area is 101 Å². The number of benzene rings is 1. The zero-order valence-corrected chi connectivity index (χ0v) is 10.2. The summed E-state index contributed by atoms with van der Waals surface area (Å²) in [6, 6.07) is 5.22. The van der Waals surface area contributed by atoms with Crippen molar-refractivity contribution in [2.75, 3.05) is 19.8 Å². The first kappa shape index (κ1) is 12.3. The van der Waals surface area contributed by atoms with Gasteiger partial charge in [0.25, 0.3) is 0 Å². The number of hydrogen-bond donors (Lipinski definition) is 1. The molecule has 0 radical (unpaired) electrons. The largest absolute Gasteiger partial charge is 0.491 e. The van der Waals surface area contributed by atoms with Crippen molar-refractivity contribution >= 4 is 0 Å². The maximum absolute atomic E-state index is 13.7. The molecule has 2 unspecified atom stereocenters. The summed E-state index contributed by atoms with van der Waals surface area (Å²) in [6.07, 6.45) is -0.0890. The molecule has 1 aliphatic rings. The number of morpholine rings is 1. The first-order chi connectivity index (χ1) is 8.22. The Hall–Kier alpha value is -1.13. The predicted molar refractivity (Wildman–Crippen MR) is 63.7 cm³/mol. The van der Waals surface area contributed by atoms with Crippen molar-refractivity contribution in [3.8, 4) is 5.75 Å². The summed E-state index contributed by atoms with van der Waals surface area (Å²) < 4.78 is 24.6. The van der Waals surface area contributed by atoms with Crippen LogP contribution < -0.4 is 10.1 Å². The standard InChI is InChI=1S/C13H18FNO2/c1-3-16-12-5-4-10(8-11(12)14)13-9(2)15-6-7-17-13/h4-5,8-9,13,15H,3,6-7H2,1-2H3. The third-order valence-electron chi connectivity index (χ3n) is 2.90. The maximum Gasteiger partial charge on any atom is 0.165 e. The highest BCUT2D eigenvalue weighted by atomic mass is 19.1. The Morgan fingerprint density at radius 3 is 3.00 bits per heavy atom. The molecule has 1 saturated heterocycles. The molecule has 3 nitrogen and oxygen atoms in total. The van der Waals surface area contributed by atoms with E-state index in [1.165, 1.54) is 6.07 Å². The van der Waals surface area contributed by atoms with Crippen LogP contribution in [0.4, 0.5) is 4.39 Å². The van der Waals surface area contributed by atoms with Gasteiger partial charge < -0.3 is 14.8 Å². The van der Waals surface area contributed by atoms with Crippen molar-refractivity contribution in [3.05, 3.63) is 29.6 Å². The van der Waals surface area contributed by atoms with Gasteiger partial charge in [0.1, 0.15) is 0 Å². The molecular formula is C13H18FNO2. The first-order valence-electron chi connectivity index (χ1n) is 5.99. The van der Waals surface area contributed by atoms with E-state index in [0.29, 0.717) is 19.0 Å². The molecule has 1 aliphatic heterocycles. The van der Waals surface area contributed by atoms with Gasteiger partial charge in [-0.05, 0) is 31.5 Å². The fourth-order valence-corrected chi connectivity index (χ4v) is 2.08. The van der Waals surface area contributed by atoms with Crippen LogP contribution in [-0.4, -0.2) is 25.8 Å². The highest BCUT2D eigenvalue weighted by Gasteiger charge is 2.24. The van der Waals surface area contributed by atoms with Crippen LogP contribution in [0.1, 0.15) is 25.5 Å². The quantitative estimate of drug-likeness (QED) is 0.877. The predicted octanol–water partition coefficient (Wildman–Crippen LogP) is 2.27. The summed E-state index contributed by atoms with van der Waals surface area (Å²) in [5, 5.41) is 3.31. The third kappa shape index (κ3) is 2.76. The van der Waals surface area contributed by atoms with Gasteiger partial charge in [-0.3, -0.25) is 0 Å². The van der Waals surface area contributed by atoms with Crippen molar-refractivity contribution < 1.29 is 13.9 Å². The molecule has 1 N–H and O–H groups in total. The van der Waals surface area contributed by atoms with Gasteiger partial charge in [-0.1, -0.05) is 6.07 Å². The van der Waals surface area contributed by atoms with E-state index in [1.54, 1.807) is 6.07 Å². The summed E-state index contributed by atoms with van der Waals surface area (Å²) in [6.45, 7) is 5.84. The van der Waals surface area contributed by atoms with E-state index in [4.69, 9.17) is 9.47 Å². The molecule has 2 atom stereocenters. The topological polar surface area (TPSA) is 30.5 Å². The summed E-state index contributed by atoms with van der Waals surface area (Å²) in [5.74, 6) is -0.0293. The van der Waals surface area contributed by atoms with Crippen LogP contribution in [0, 0.1) is 5.82 Å². The van der Waals surface area contributed by atoms with Gasteiger partial charge in [0, 0.05) is 12.6 Å². The van der Waals surface area contributed by atoms with E-state index in [0.717, 1.165) is 12.1 Å². The van der Waals surface area contributed by atoms with Crippen molar-refractivity contribution in [1.29, 1.82) is 0 Å². The molecule has 17 heavy (non-hydrogen) atoms. The minimum atomic E-state index is -0.328. The van der Waals surface area contributed by atoms with Gasteiger partial charge in [0.15, 0.2) is 11.6 Å². The molecule has 1 aromatic carbocycles. The summed E-state index contributed by atoms with van der Waals surface area (Å²) >= 11 is 0. The highest BCUT2D eigenvalue weighted by Crippen LogP contribution is 2.27. The lowest BCUT2D eigenvalue weighted by molar-refractivity contribution is -0.000425. The Bertz CT molecular complexity index is 384. The number of ether oxygens (including phenoxy) is 2. The summed E-state index contributed by atoms with van der Waals surface area (Å²) in [5.41, 5.74) is 0.852. The van der Waals surface area contributed by atoms with Crippen LogP contribution in [0.15, 0.2) is 18.2 Å². The fraction of sp³-hybridized carbons (Fsp3) is 0.538. The van der Waals surface area contributed by atoms with Gasteiger partial charge in [0.05, 0.1) is 19.3 Å². The Morgan fingerprint density at radius 2 is 2.35 bits per heavy atom. The van der Waals surface area contributed by atoms with Gasteiger partial charge >= 0.3 is 0 Å². The van der Waals surface area contributed by atoms with E-state index in [9.17, 15) is 4.39 Å². The molecule has 0 amide bonds. The molecule has 0 saturated carbocycles. The van der Waals surface area contributed by atoms with Crippen LogP contribution in [0.2, 0.25) is 0 Å². The van der Waals surface area contributed by atoms with Crippen molar-refractivity contribution in [2.24, 2.45) is 0 Å². The fourth-order valence-electron chi connectivity index (χ4n) is 2.08. The molecule has 0 aromatic heterocycles. The molecule has 4 heteroatoms. The second kappa shape index (κ2) is 5.47. The summed E-state index contributed by atoms with van der Waals surface area (Å²) in [7, 11) is 0. The van der Waals surface area contributed by atoms with Crippen LogP contribution in [0.3, 0.4) is 0 Å². The third-order valence-corrected chi connectivity index (χ3v) is 2.90. The van der Waals surface area contributed by atoms with Crippen molar-refractivity contribution in [2.45, 2.75) is 26.0 Å². The van der Waals surface area contributed by atoms with E-state index in [2.05, 4.69) is 5.32 Å². The summed E-state index contributed by atoms with van der Waals surface area (Å²) in [4.78, 5) is 0. The molecule has 1 heterocycles. The molecule has 94 valence electrons. The Balaban J connectivity index is 2.18. The average Bonchev–Trinajstić information content (AvgIpc) is 2.33. The number of rotatable bonds is 3. The molecular weight excluding hydrogens is 221 g/mol. The monoisotopic (exact) mass is 239 g/mol. The van der Waals surface area contributed by atoms with Crippen molar-refractivity contribution in [1.82, 2.24) is 5.32 Å². The number of hydrogen-bond acceptors (Lipinski definition) is 3. The van der Waals surface area contributed by atoms with Crippen molar-refractivity contribution in [3.63, 3.8) is 0 Å². The number of halogens is 1. The van der Waals surface area contributed by atoms with Gasteiger partial charge in [-0.2, -0.15) is 0 Å². The van der Waals surface area contributed by atoms with E-state index >= 15 is 0 Å². The minimum absolute atomic E-state index is 0.0890. The lowest BCUT2D eigenvalue weighted by Gasteiger charge is -2.30. The van der Waals surface area contributed by atoms with Crippen LogP contribution in [-0.2, 0) is 4.74 Å². The zero-order chi connectivity index (χ0) is 12.3. The van der Waals surface area contributed by atoms with Gasteiger partial charge in [-0.25, -0.2) is 4.39 Å². The van der Waals surface area contributed by atoms with Gasteiger partial charge in [0.2, 0.25) is 0 Å². The Kier molecular flexibility index (Phi) is 3.97. The lowest BCUT2D eigenvalue weighted by atomic mass is 10.0. The van der Waals surface area contributed by atoms with Crippen LogP contribution >= 0.6 is 0 Å². The van der Waals surface area contributed by atoms with E-state index in [-0.39, 0.29) is 18.0 Å². The molecule has 0 aliphatic carbocycles. The second-order valence-electron chi connectivity index (χ2n) is 4.16. The molecule has 1 aromatic rings. The van der Waals surface area contributed by atoms with E-state index in [1.807, 2.05) is 19.9 Å². The zero-order valence-electron chi connectivity index (χ0n) is 10.2. The lowest BCUT2D eigenvalue weighted by Crippen LogP contribution is -2.41. The normalized spacial score (nSPS) is 24.6. The molecule has 0 bridgehead atoms. The van der Waals surface area contributed by atoms with Gasteiger partial charge in [-0.15, -0.1) is 0 Å². The smallest absolute Gasteiger partial charge is 0.165 e. The average molecular weight is 239 g/mol. The van der Waals surface area contributed by atoms with Crippen LogP contribution in [0.25, 0.3) is 0 Å².